The lowest BCUT2D eigenvalue weighted by Gasteiger charge is -2.25. The first kappa shape index (κ1) is 6.94. The van der Waals surface area contributed by atoms with Crippen molar-refractivity contribution < 1.29 is 4.74 Å². The molecule has 1 aromatic rings. The molecule has 2 aliphatic rings. The van der Waals surface area contributed by atoms with Gasteiger partial charge in [-0.15, -0.1) is 0 Å². The van der Waals surface area contributed by atoms with E-state index < -0.39 is 0 Å². The Morgan fingerprint density at radius 3 is 3.15 bits per heavy atom. The first-order chi connectivity index (χ1) is 6.27. The summed E-state index contributed by atoms with van der Waals surface area (Å²) >= 11 is 0. The fourth-order valence-electron chi connectivity index (χ4n) is 1.50. The average molecular weight is 178 g/mol. The van der Waals surface area contributed by atoms with Crippen molar-refractivity contribution in [2.24, 2.45) is 0 Å². The van der Waals surface area contributed by atoms with Crippen molar-refractivity contribution in [2.75, 3.05) is 17.7 Å². The monoisotopic (exact) mass is 178 g/mol. The zero-order valence-electron chi connectivity index (χ0n) is 7.08. The third-order valence-corrected chi connectivity index (χ3v) is 2.51. The molecule has 1 saturated carbocycles. The van der Waals surface area contributed by atoms with Crippen molar-refractivity contribution >= 4 is 11.8 Å². The molecule has 1 spiro atoms. The van der Waals surface area contributed by atoms with Gasteiger partial charge in [0.2, 0.25) is 5.95 Å². The van der Waals surface area contributed by atoms with Crippen LogP contribution in [0, 0.1) is 0 Å². The fraction of sp³-hybridized carbons (Fsp3) is 0.500. The number of aromatic nitrogens is 2. The highest BCUT2D eigenvalue weighted by Crippen LogP contribution is 2.44. The summed E-state index contributed by atoms with van der Waals surface area (Å²) in [5.74, 6) is 1.72. The highest BCUT2D eigenvalue weighted by atomic mass is 16.5. The number of nitrogen functional groups attached to an aromatic ring is 1. The maximum atomic E-state index is 5.51. The molecule has 0 bridgehead atoms. The molecule has 0 radical (unpaired) electrons. The lowest BCUT2D eigenvalue weighted by molar-refractivity contribution is 0.273. The summed E-state index contributed by atoms with van der Waals surface area (Å²) in [6.07, 6.45) is 3.91. The van der Waals surface area contributed by atoms with E-state index in [1.807, 2.05) is 0 Å². The molecule has 1 aromatic heterocycles. The predicted octanol–water partition coefficient (Wildman–Crippen LogP) is 0.396. The van der Waals surface area contributed by atoms with E-state index in [9.17, 15) is 0 Å². The van der Waals surface area contributed by atoms with E-state index in [4.69, 9.17) is 10.5 Å². The number of hydrogen-bond donors (Lipinski definition) is 2. The van der Waals surface area contributed by atoms with E-state index in [0.717, 1.165) is 18.7 Å². The summed E-state index contributed by atoms with van der Waals surface area (Å²) in [5, 5.41) is 3.33. The molecule has 1 aliphatic carbocycles. The molecule has 0 atom stereocenters. The normalized spacial score (nSPS) is 21.5. The third-order valence-electron chi connectivity index (χ3n) is 2.51. The lowest BCUT2D eigenvalue weighted by Crippen LogP contribution is -2.34. The average Bonchev–Trinajstić information content (AvgIpc) is 2.84. The van der Waals surface area contributed by atoms with Gasteiger partial charge in [-0.25, -0.2) is 4.98 Å². The van der Waals surface area contributed by atoms with E-state index >= 15 is 0 Å². The predicted molar refractivity (Wildman–Crippen MR) is 47.5 cm³/mol. The number of nitrogens with zero attached hydrogens (tertiary/aromatic N) is 2. The second-order valence-electron chi connectivity index (χ2n) is 3.64. The standard InChI is InChI=1S/C8H10N4O/c9-7-10-3-5-6(11-7)12-8(1-2-8)4-13-5/h3H,1-2,4H2,(H3,9,10,11,12). The first-order valence-electron chi connectivity index (χ1n) is 4.31. The van der Waals surface area contributed by atoms with E-state index in [1.54, 1.807) is 6.20 Å². The van der Waals surface area contributed by atoms with Gasteiger partial charge in [0.15, 0.2) is 11.6 Å². The van der Waals surface area contributed by atoms with Crippen LogP contribution in [-0.4, -0.2) is 22.1 Å². The van der Waals surface area contributed by atoms with Crippen molar-refractivity contribution in [3.05, 3.63) is 6.20 Å². The van der Waals surface area contributed by atoms with E-state index in [-0.39, 0.29) is 11.5 Å². The van der Waals surface area contributed by atoms with Gasteiger partial charge < -0.3 is 15.8 Å². The Bertz CT molecular complexity index is 361. The molecule has 5 heteroatoms. The van der Waals surface area contributed by atoms with Gasteiger partial charge in [-0.05, 0) is 12.8 Å². The summed E-state index contributed by atoms with van der Waals surface area (Å²) in [6, 6.07) is 0. The fourth-order valence-corrected chi connectivity index (χ4v) is 1.50. The highest BCUT2D eigenvalue weighted by molar-refractivity contribution is 5.56. The molecule has 0 saturated heterocycles. The Labute approximate surface area is 75.3 Å². The molecule has 5 nitrogen and oxygen atoms in total. The van der Waals surface area contributed by atoms with Crippen molar-refractivity contribution in [1.82, 2.24) is 9.97 Å². The largest absolute Gasteiger partial charge is 0.486 e. The number of nitrogens with two attached hydrogens (primary N) is 1. The molecule has 0 unspecified atom stereocenters. The number of fused-ring (bicyclic) bond motifs is 1. The maximum Gasteiger partial charge on any atom is 0.222 e. The number of hydrogen-bond acceptors (Lipinski definition) is 5. The maximum absolute atomic E-state index is 5.51. The highest BCUT2D eigenvalue weighted by Gasteiger charge is 2.46. The lowest BCUT2D eigenvalue weighted by atomic mass is 10.2. The van der Waals surface area contributed by atoms with Crippen LogP contribution in [0.1, 0.15) is 12.8 Å². The topological polar surface area (TPSA) is 73.1 Å². The van der Waals surface area contributed by atoms with Crippen LogP contribution in [0.25, 0.3) is 0 Å². The molecule has 2 heterocycles. The Balaban J connectivity index is 2.02. The zero-order valence-corrected chi connectivity index (χ0v) is 7.08. The van der Waals surface area contributed by atoms with Gasteiger partial charge in [0.05, 0.1) is 11.7 Å². The van der Waals surface area contributed by atoms with Crippen molar-refractivity contribution in [3.63, 3.8) is 0 Å². The molecule has 0 amide bonds. The Kier molecular flexibility index (Phi) is 1.09. The number of ether oxygens (including phenoxy) is 1. The van der Waals surface area contributed by atoms with E-state index in [0.29, 0.717) is 12.4 Å². The summed E-state index contributed by atoms with van der Waals surface area (Å²) in [6.45, 7) is 0.716. The third kappa shape index (κ3) is 0.998. The minimum atomic E-state index is 0.147. The Hall–Kier alpha value is -1.52. The molecular formula is C8H10N4O. The number of anilines is 2. The molecule has 0 aromatic carbocycles. The number of nitrogens with one attached hydrogen (secondary N) is 1. The minimum Gasteiger partial charge on any atom is -0.486 e. The smallest absolute Gasteiger partial charge is 0.222 e. The van der Waals surface area contributed by atoms with Gasteiger partial charge in [-0.3, -0.25) is 0 Å². The minimum absolute atomic E-state index is 0.147. The van der Waals surface area contributed by atoms with Gasteiger partial charge in [-0.2, -0.15) is 4.98 Å². The van der Waals surface area contributed by atoms with Crippen LogP contribution in [0.2, 0.25) is 0 Å². The molecule has 1 fully saturated rings. The second kappa shape index (κ2) is 2.04. The SMILES string of the molecule is Nc1ncc2c(n1)NC1(CC1)CO2. The van der Waals surface area contributed by atoms with E-state index in [2.05, 4.69) is 15.3 Å². The van der Waals surface area contributed by atoms with Crippen LogP contribution in [-0.2, 0) is 0 Å². The number of rotatable bonds is 0. The Morgan fingerprint density at radius 1 is 1.54 bits per heavy atom. The molecule has 68 valence electrons. The molecule has 13 heavy (non-hydrogen) atoms. The van der Waals surface area contributed by atoms with Crippen molar-refractivity contribution in [1.29, 1.82) is 0 Å². The summed E-state index contributed by atoms with van der Waals surface area (Å²) in [7, 11) is 0. The quantitative estimate of drug-likeness (QED) is 0.601. The van der Waals surface area contributed by atoms with Crippen molar-refractivity contribution in [2.45, 2.75) is 18.4 Å². The van der Waals surface area contributed by atoms with E-state index in [1.165, 1.54) is 0 Å². The zero-order chi connectivity index (χ0) is 8.89. The van der Waals surface area contributed by atoms with Crippen LogP contribution in [0.3, 0.4) is 0 Å². The van der Waals surface area contributed by atoms with Gasteiger partial charge in [0, 0.05) is 0 Å². The van der Waals surface area contributed by atoms with Gasteiger partial charge in [0.25, 0.3) is 0 Å². The summed E-state index contributed by atoms with van der Waals surface area (Å²) in [5.41, 5.74) is 5.62. The molecular weight excluding hydrogens is 168 g/mol. The molecule has 3 rings (SSSR count). The van der Waals surface area contributed by atoms with Crippen LogP contribution in [0.4, 0.5) is 11.8 Å². The summed E-state index contributed by atoms with van der Waals surface area (Å²) in [4.78, 5) is 7.94. The van der Waals surface area contributed by atoms with Crippen LogP contribution in [0.5, 0.6) is 5.75 Å². The van der Waals surface area contributed by atoms with Gasteiger partial charge in [-0.1, -0.05) is 0 Å². The molecule has 3 N–H and O–H groups in total. The van der Waals surface area contributed by atoms with Crippen LogP contribution in [0.15, 0.2) is 6.20 Å². The van der Waals surface area contributed by atoms with Gasteiger partial charge >= 0.3 is 0 Å². The molecule has 1 aliphatic heterocycles. The Morgan fingerprint density at radius 2 is 2.38 bits per heavy atom. The van der Waals surface area contributed by atoms with Gasteiger partial charge in [0.1, 0.15) is 6.61 Å². The second-order valence-corrected chi connectivity index (χ2v) is 3.64. The van der Waals surface area contributed by atoms with Crippen LogP contribution < -0.4 is 15.8 Å². The van der Waals surface area contributed by atoms with Crippen molar-refractivity contribution in [3.8, 4) is 5.75 Å². The van der Waals surface area contributed by atoms with Crippen LogP contribution >= 0.6 is 0 Å². The first-order valence-corrected chi connectivity index (χ1v) is 4.31. The summed E-state index contributed by atoms with van der Waals surface area (Å²) < 4.78 is 5.51.